The van der Waals surface area contributed by atoms with E-state index in [2.05, 4.69) is 5.32 Å². The van der Waals surface area contributed by atoms with Gasteiger partial charge in [0.05, 0.1) is 0 Å². The van der Waals surface area contributed by atoms with E-state index < -0.39 is 10.8 Å². The zero-order chi connectivity index (χ0) is 12.8. The van der Waals surface area contributed by atoms with Gasteiger partial charge in [-0.15, -0.1) is 0 Å². The third kappa shape index (κ3) is 2.12. The van der Waals surface area contributed by atoms with E-state index >= 15 is 0 Å². The molecule has 4 heteroatoms. The Bertz CT molecular complexity index is 491. The van der Waals surface area contributed by atoms with Gasteiger partial charge in [0.2, 0.25) is 0 Å². The van der Waals surface area contributed by atoms with E-state index in [1.807, 2.05) is 0 Å². The number of hydrogen-bond donors (Lipinski definition) is 1. The van der Waals surface area contributed by atoms with Crippen LogP contribution in [0.5, 0.6) is 0 Å². The Labute approximate surface area is 109 Å². The predicted octanol–water partition coefficient (Wildman–Crippen LogP) is 2.11. The molecule has 1 heterocycles. The lowest BCUT2D eigenvalue weighted by Gasteiger charge is -2.54. The summed E-state index contributed by atoms with van der Waals surface area (Å²) in [6.45, 7) is 2.28. The van der Waals surface area contributed by atoms with Crippen molar-refractivity contribution in [3.8, 4) is 0 Å². The molecule has 3 rings (SSSR count). The van der Waals surface area contributed by atoms with Crippen LogP contribution in [0.1, 0.15) is 18.4 Å². The summed E-state index contributed by atoms with van der Waals surface area (Å²) in [5.41, 5.74) is 1.32. The molecule has 1 atom stereocenters. The van der Waals surface area contributed by atoms with E-state index in [4.69, 9.17) is 0 Å². The van der Waals surface area contributed by atoms with Gasteiger partial charge in [-0.1, -0.05) is 6.07 Å². The third-order valence-electron chi connectivity index (χ3n) is 4.31. The zero-order valence-corrected chi connectivity index (χ0v) is 11.4. The molecule has 0 aromatic heterocycles. The van der Waals surface area contributed by atoms with Gasteiger partial charge < -0.3 is 5.32 Å². The molecule has 2 nitrogen and oxygen atoms in total. The number of halogens is 1. The average molecular weight is 267 g/mol. The smallest absolute Gasteiger partial charge is 0.127 e. The van der Waals surface area contributed by atoms with E-state index in [1.165, 1.54) is 18.9 Å². The molecular weight excluding hydrogens is 249 g/mol. The van der Waals surface area contributed by atoms with Crippen LogP contribution in [-0.4, -0.2) is 23.6 Å². The Kier molecular flexibility index (Phi) is 3.02. The first-order chi connectivity index (χ1) is 8.58. The second-order valence-corrected chi connectivity index (χ2v) is 7.17. The summed E-state index contributed by atoms with van der Waals surface area (Å²) in [4.78, 5) is 0.574. The number of benzene rings is 1. The normalized spacial score (nSPS) is 23.4. The second kappa shape index (κ2) is 4.42. The van der Waals surface area contributed by atoms with Crippen LogP contribution in [0.4, 0.5) is 4.39 Å². The topological polar surface area (TPSA) is 29.1 Å². The van der Waals surface area contributed by atoms with Crippen molar-refractivity contribution in [3.05, 3.63) is 29.6 Å². The summed E-state index contributed by atoms with van der Waals surface area (Å²) >= 11 is 0. The summed E-state index contributed by atoms with van der Waals surface area (Å²) < 4.78 is 25.1. The van der Waals surface area contributed by atoms with Gasteiger partial charge in [-0.05, 0) is 48.3 Å². The highest BCUT2D eigenvalue weighted by Crippen LogP contribution is 2.49. The summed E-state index contributed by atoms with van der Waals surface area (Å²) in [6.07, 6.45) is 4.85. The van der Waals surface area contributed by atoms with Crippen LogP contribution in [0.2, 0.25) is 0 Å². The Balaban J connectivity index is 1.65. The molecule has 1 spiro atoms. The molecule has 1 unspecified atom stereocenters. The second-order valence-electron chi connectivity index (χ2n) is 5.79. The van der Waals surface area contributed by atoms with E-state index in [0.29, 0.717) is 16.2 Å². The van der Waals surface area contributed by atoms with Crippen LogP contribution < -0.4 is 5.32 Å². The minimum atomic E-state index is -1.10. The summed E-state index contributed by atoms with van der Waals surface area (Å²) in [7, 11) is -1.10. The van der Waals surface area contributed by atoms with Gasteiger partial charge in [0.1, 0.15) is 5.82 Å². The summed E-state index contributed by atoms with van der Waals surface area (Å²) in [6, 6.07) is 5.01. The largest absolute Gasteiger partial charge is 0.316 e. The van der Waals surface area contributed by atoms with Crippen molar-refractivity contribution in [3.63, 3.8) is 0 Å². The van der Waals surface area contributed by atoms with E-state index in [-0.39, 0.29) is 5.82 Å². The highest BCUT2D eigenvalue weighted by molar-refractivity contribution is 7.84. The first-order valence-electron chi connectivity index (χ1n) is 6.41. The lowest BCUT2D eigenvalue weighted by Crippen LogP contribution is -2.60. The van der Waals surface area contributed by atoms with Crippen LogP contribution in [-0.2, 0) is 17.2 Å². The molecule has 0 radical (unpaired) electrons. The van der Waals surface area contributed by atoms with Gasteiger partial charge in [0, 0.05) is 35.0 Å². The van der Waals surface area contributed by atoms with Crippen molar-refractivity contribution in [2.45, 2.75) is 24.2 Å². The van der Waals surface area contributed by atoms with Gasteiger partial charge in [-0.25, -0.2) is 4.39 Å². The quantitative estimate of drug-likeness (QED) is 0.909. The van der Waals surface area contributed by atoms with Crippen LogP contribution in [0.15, 0.2) is 23.1 Å². The first-order valence-corrected chi connectivity index (χ1v) is 7.96. The molecule has 1 aliphatic heterocycles. The number of rotatable bonds is 3. The average Bonchev–Trinajstić information content (AvgIpc) is 2.21. The predicted molar refractivity (Wildman–Crippen MR) is 70.5 cm³/mol. The van der Waals surface area contributed by atoms with E-state index in [1.54, 1.807) is 18.4 Å². The Morgan fingerprint density at radius 3 is 2.67 bits per heavy atom. The Hall–Kier alpha value is -0.740. The maximum atomic E-state index is 13.9. The van der Waals surface area contributed by atoms with Crippen molar-refractivity contribution < 1.29 is 8.60 Å². The van der Waals surface area contributed by atoms with Crippen LogP contribution in [0, 0.1) is 17.2 Å². The van der Waals surface area contributed by atoms with Crippen molar-refractivity contribution >= 4 is 10.8 Å². The minimum Gasteiger partial charge on any atom is -0.316 e. The van der Waals surface area contributed by atoms with Crippen molar-refractivity contribution in [1.29, 1.82) is 0 Å². The van der Waals surface area contributed by atoms with E-state index in [9.17, 15) is 8.60 Å². The summed E-state index contributed by atoms with van der Waals surface area (Å²) in [5.74, 6) is 0.426. The van der Waals surface area contributed by atoms with Gasteiger partial charge >= 0.3 is 0 Å². The van der Waals surface area contributed by atoms with Crippen molar-refractivity contribution in [1.82, 2.24) is 5.32 Å². The van der Waals surface area contributed by atoms with Gasteiger partial charge in [0.15, 0.2) is 0 Å². The molecule has 1 N–H and O–H groups in total. The molecule has 1 aromatic rings. The SMILES string of the molecule is CS(=O)c1ccc(CC2CC3(CNC3)C2)c(F)c1. The molecule has 2 fully saturated rings. The fourth-order valence-electron chi connectivity index (χ4n) is 3.26. The Morgan fingerprint density at radius 2 is 2.17 bits per heavy atom. The molecule has 0 bridgehead atoms. The van der Waals surface area contributed by atoms with Crippen molar-refractivity contribution in [2.24, 2.45) is 11.3 Å². The Morgan fingerprint density at radius 1 is 1.44 bits per heavy atom. The monoisotopic (exact) mass is 267 g/mol. The molecule has 1 aliphatic carbocycles. The molecule has 2 aliphatic rings. The zero-order valence-electron chi connectivity index (χ0n) is 10.5. The summed E-state index contributed by atoms with van der Waals surface area (Å²) in [5, 5.41) is 3.31. The molecule has 1 saturated heterocycles. The van der Waals surface area contributed by atoms with Crippen molar-refractivity contribution in [2.75, 3.05) is 19.3 Å². The fraction of sp³-hybridized carbons (Fsp3) is 0.571. The van der Waals surface area contributed by atoms with Gasteiger partial charge in [0.25, 0.3) is 0 Å². The van der Waals surface area contributed by atoms with Crippen LogP contribution in [0.3, 0.4) is 0 Å². The minimum absolute atomic E-state index is 0.199. The molecular formula is C14H18FNOS. The lowest BCUT2D eigenvalue weighted by molar-refractivity contribution is 0.000555. The molecule has 0 amide bonds. The molecule has 1 saturated carbocycles. The van der Waals surface area contributed by atoms with Crippen LogP contribution >= 0.6 is 0 Å². The third-order valence-corrected chi connectivity index (χ3v) is 5.23. The van der Waals surface area contributed by atoms with Gasteiger partial charge in [-0.3, -0.25) is 4.21 Å². The first kappa shape index (κ1) is 12.3. The standard InChI is InChI=1S/C14H18FNOS/c1-18(17)12-3-2-11(13(15)5-12)4-10-6-14(7-10)8-16-9-14/h2-3,5,10,16H,4,6-9H2,1H3. The maximum Gasteiger partial charge on any atom is 0.127 e. The number of hydrogen-bond acceptors (Lipinski definition) is 2. The fourth-order valence-corrected chi connectivity index (χ4v) is 3.79. The van der Waals surface area contributed by atoms with Crippen LogP contribution in [0.25, 0.3) is 0 Å². The molecule has 1 aromatic carbocycles. The lowest BCUT2D eigenvalue weighted by atomic mass is 9.57. The number of nitrogens with one attached hydrogen (secondary N) is 1. The maximum absolute atomic E-state index is 13.9. The highest BCUT2D eigenvalue weighted by Gasteiger charge is 2.47. The highest BCUT2D eigenvalue weighted by atomic mass is 32.2. The van der Waals surface area contributed by atoms with Gasteiger partial charge in [-0.2, -0.15) is 0 Å². The van der Waals surface area contributed by atoms with E-state index in [0.717, 1.165) is 25.1 Å². The molecule has 18 heavy (non-hydrogen) atoms. The molecule has 98 valence electrons.